The summed E-state index contributed by atoms with van der Waals surface area (Å²) in [6.45, 7) is 5.46. The summed E-state index contributed by atoms with van der Waals surface area (Å²) in [4.78, 5) is 22.3. The van der Waals surface area contributed by atoms with E-state index in [0.29, 0.717) is 16.7 Å². The van der Waals surface area contributed by atoms with Crippen LogP contribution >= 0.6 is 23.4 Å². The van der Waals surface area contributed by atoms with Crippen LogP contribution in [-0.2, 0) is 4.79 Å². The van der Waals surface area contributed by atoms with Crippen molar-refractivity contribution in [2.45, 2.75) is 31.7 Å². The molecule has 4 nitrogen and oxygen atoms in total. The first-order chi connectivity index (χ1) is 8.58. The number of rotatable bonds is 3. The predicted molar refractivity (Wildman–Crippen MR) is 73.1 cm³/mol. The Morgan fingerprint density at radius 2 is 2.00 bits per heavy atom. The number of halogens is 1. The third kappa shape index (κ3) is 3.14. The molecule has 0 aromatic carbocycles. The highest BCUT2D eigenvalue weighted by atomic mass is 35.5. The van der Waals surface area contributed by atoms with Crippen molar-refractivity contribution < 1.29 is 4.79 Å². The first kappa shape index (κ1) is 13.6. The smallest absolute Gasteiger partial charge is 0.232 e. The molecule has 0 saturated carbocycles. The van der Waals surface area contributed by atoms with Crippen molar-refractivity contribution in [3.05, 3.63) is 16.5 Å². The average molecular weight is 286 g/mol. The van der Waals surface area contributed by atoms with Crippen LogP contribution < -0.4 is 0 Å². The van der Waals surface area contributed by atoms with Gasteiger partial charge >= 0.3 is 0 Å². The lowest BCUT2D eigenvalue weighted by atomic mass is 10.4. The predicted octanol–water partition coefficient (Wildman–Crippen LogP) is 2.46. The third-order valence-corrected chi connectivity index (χ3v) is 4.37. The van der Waals surface area contributed by atoms with Gasteiger partial charge in [-0.3, -0.25) is 4.79 Å². The van der Waals surface area contributed by atoms with Crippen LogP contribution in [0.3, 0.4) is 0 Å². The molecule has 0 unspecified atom stereocenters. The van der Waals surface area contributed by atoms with Gasteiger partial charge in [0.25, 0.3) is 0 Å². The molecule has 0 spiro atoms. The maximum Gasteiger partial charge on any atom is 0.232 e. The van der Waals surface area contributed by atoms with E-state index < -0.39 is 0 Å². The minimum absolute atomic E-state index is 0.185. The average Bonchev–Trinajstić information content (AvgIpc) is 2.85. The number of aryl methyl sites for hydroxylation is 1. The van der Waals surface area contributed by atoms with Gasteiger partial charge in [0.2, 0.25) is 5.91 Å². The summed E-state index contributed by atoms with van der Waals surface area (Å²) in [7, 11) is 0. The van der Waals surface area contributed by atoms with Crippen LogP contribution in [0.1, 0.15) is 24.2 Å². The van der Waals surface area contributed by atoms with E-state index in [2.05, 4.69) is 9.97 Å². The van der Waals surface area contributed by atoms with Crippen molar-refractivity contribution in [1.82, 2.24) is 14.9 Å². The lowest BCUT2D eigenvalue weighted by Crippen LogP contribution is -2.29. The molecule has 1 fully saturated rings. The molecule has 1 aromatic heterocycles. The Bertz CT molecular complexity index is 461. The van der Waals surface area contributed by atoms with E-state index >= 15 is 0 Å². The summed E-state index contributed by atoms with van der Waals surface area (Å²) in [6, 6.07) is 0. The van der Waals surface area contributed by atoms with Crippen LogP contribution in [0.25, 0.3) is 0 Å². The fourth-order valence-corrected chi connectivity index (χ4v) is 3.12. The molecular formula is C12H16ClN3OS. The third-order valence-electron chi connectivity index (χ3n) is 2.94. The Balaban J connectivity index is 1.99. The highest BCUT2D eigenvalue weighted by molar-refractivity contribution is 7.99. The minimum Gasteiger partial charge on any atom is -0.342 e. The summed E-state index contributed by atoms with van der Waals surface area (Å²) < 4.78 is 0. The molecule has 1 amide bonds. The Labute approximate surface area is 116 Å². The van der Waals surface area contributed by atoms with E-state index in [1.54, 1.807) is 6.92 Å². The molecule has 6 heteroatoms. The van der Waals surface area contributed by atoms with Crippen LogP contribution in [0, 0.1) is 13.8 Å². The second kappa shape index (κ2) is 5.89. The van der Waals surface area contributed by atoms with Crippen LogP contribution in [0.5, 0.6) is 0 Å². The first-order valence-corrected chi connectivity index (χ1v) is 7.35. The largest absolute Gasteiger partial charge is 0.342 e. The van der Waals surface area contributed by atoms with Gasteiger partial charge in [0.05, 0.1) is 5.75 Å². The molecule has 1 aromatic rings. The summed E-state index contributed by atoms with van der Waals surface area (Å²) in [5.41, 5.74) is 0.849. The van der Waals surface area contributed by atoms with Crippen molar-refractivity contribution >= 4 is 29.3 Å². The van der Waals surface area contributed by atoms with Gasteiger partial charge in [-0.2, -0.15) is 0 Å². The van der Waals surface area contributed by atoms with Gasteiger partial charge in [-0.25, -0.2) is 9.97 Å². The quantitative estimate of drug-likeness (QED) is 0.632. The Hall–Kier alpha value is -0.810. The van der Waals surface area contributed by atoms with E-state index in [9.17, 15) is 4.79 Å². The Kier molecular flexibility index (Phi) is 4.45. The molecule has 1 aliphatic rings. The fraction of sp³-hybridized carbons (Fsp3) is 0.583. The topological polar surface area (TPSA) is 46.1 Å². The van der Waals surface area contributed by atoms with Crippen LogP contribution in [0.4, 0.5) is 0 Å². The van der Waals surface area contributed by atoms with Gasteiger partial charge in [0.15, 0.2) is 0 Å². The summed E-state index contributed by atoms with van der Waals surface area (Å²) in [6.07, 6.45) is 2.24. The van der Waals surface area contributed by atoms with Crippen molar-refractivity contribution in [1.29, 1.82) is 0 Å². The molecule has 2 rings (SSSR count). The van der Waals surface area contributed by atoms with E-state index in [1.807, 2.05) is 11.8 Å². The highest BCUT2D eigenvalue weighted by Crippen LogP contribution is 2.25. The number of carbonyl (C=O) groups is 1. The van der Waals surface area contributed by atoms with Crippen LogP contribution in [0.2, 0.25) is 5.15 Å². The standard InChI is InChI=1S/C12H16ClN3OS/c1-8-11(13)14-9(2)15-12(8)18-7-10(17)16-5-3-4-6-16/h3-7H2,1-2H3. The fourth-order valence-electron chi connectivity index (χ4n) is 1.90. The van der Waals surface area contributed by atoms with Gasteiger partial charge < -0.3 is 4.90 Å². The van der Waals surface area contributed by atoms with Gasteiger partial charge in [-0.05, 0) is 26.7 Å². The molecule has 0 N–H and O–H groups in total. The molecule has 0 atom stereocenters. The monoisotopic (exact) mass is 285 g/mol. The summed E-state index contributed by atoms with van der Waals surface area (Å²) in [5.74, 6) is 1.25. The lowest BCUT2D eigenvalue weighted by molar-refractivity contribution is -0.127. The zero-order valence-corrected chi connectivity index (χ0v) is 12.1. The maximum absolute atomic E-state index is 11.9. The number of carbonyl (C=O) groups excluding carboxylic acids is 1. The van der Waals surface area contributed by atoms with Gasteiger partial charge in [-0.1, -0.05) is 23.4 Å². The molecule has 2 heterocycles. The van der Waals surface area contributed by atoms with Crippen molar-refractivity contribution in [2.24, 2.45) is 0 Å². The number of aromatic nitrogens is 2. The SMILES string of the molecule is Cc1nc(Cl)c(C)c(SCC(=O)N2CCCC2)n1. The number of amides is 1. The number of thioether (sulfide) groups is 1. The summed E-state index contributed by atoms with van der Waals surface area (Å²) in [5, 5.41) is 1.28. The number of nitrogens with zero attached hydrogens (tertiary/aromatic N) is 3. The highest BCUT2D eigenvalue weighted by Gasteiger charge is 2.18. The minimum atomic E-state index is 0.185. The van der Waals surface area contributed by atoms with E-state index in [-0.39, 0.29) is 5.91 Å². The Morgan fingerprint density at radius 1 is 1.33 bits per heavy atom. The lowest BCUT2D eigenvalue weighted by Gasteiger charge is -2.15. The van der Waals surface area contributed by atoms with Crippen molar-refractivity contribution in [2.75, 3.05) is 18.8 Å². The molecule has 0 aliphatic carbocycles. The van der Waals surface area contributed by atoms with E-state index in [0.717, 1.165) is 36.5 Å². The van der Waals surface area contributed by atoms with E-state index in [1.165, 1.54) is 11.8 Å². The molecule has 0 radical (unpaired) electrons. The first-order valence-electron chi connectivity index (χ1n) is 5.99. The molecule has 1 saturated heterocycles. The zero-order chi connectivity index (χ0) is 13.1. The molecule has 0 bridgehead atoms. The van der Waals surface area contributed by atoms with E-state index in [4.69, 9.17) is 11.6 Å². The molecule has 18 heavy (non-hydrogen) atoms. The Morgan fingerprint density at radius 3 is 2.67 bits per heavy atom. The van der Waals surface area contributed by atoms with Gasteiger partial charge in [0.1, 0.15) is 16.0 Å². The number of hydrogen-bond donors (Lipinski definition) is 0. The van der Waals surface area contributed by atoms with Crippen molar-refractivity contribution in [3.8, 4) is 0 Å². The second-order valence-electron chi connectivity index (χ2n) is 4.37. The molecular weight excluding hydrogens is 270 g/mol. The van der Waals surface area contributed by atoms with Crippen molar-refractivity contribution in [3.63, 3.8) is 0 Å². The number of likely N-dealkylation sites (tertiary alicyclic amines) is 1. The maximum atomic E-state index is 11.9. The van der Waals surface area contributed by atoms with Crippen LogP contribution in [-0.4, -0.2) is 39.6 Å². The molecule has 1 aliphatic heterocycles. The summed E-state index contributed by atoms with van der Waals surface area (Å²) >= 11 is 7.45. The van der Waals surface area contributed by atoms with Gasteiger partial charge in [-0.15, -0.1) is 0 Å². The normalized spacial score (nSPS) is 15.2. The number of hydrogen-bond acceptors (Lipinski definition) is 4. The zero-order valence-electron chi connectivity index (χ0n) is 10.6. The second-order valence-corrected chi connectivity index (χ2v) is 5.69. The molecule has 98 valence electrons. The van der Waals surface area contributed by atoms with Crippen LogP contribution in [0.15, 0.2) is 5.03 Å². The van der Waals surface area contributed by atoms with Gasteiger partial charge in [0, 0.05) is 18.7 Å².